The van der Waals surface area contributed by atoms with E-state index in [-0.39, 0.29) is 17.1 Å². The minimum absolute atomic E-state index is 0.0270. The molecule has 19 heavy (non-hydrogen) atoms. The predicted molar refractivity (Wildman–Crippen MR) is 79.0 cm³/mol. The van der Waals surface area contributed by atoms with Crippen molar-refractivity contribution in [3.05, 3.63) is 45.2 Å². The standard InChI is InChI=1S/C11H10Br2N2O3S/c12-8-3-9(13)11(10(14)4-8)19(16,17)15-5-7-1-2-18-6-7/h1-4,6,15H,5,14H2. The Morgan fingerprint density at radius 1 is 1.32 bits per heavy atom. The summed E-state index contributed by atoms with van der Waals surface area (Å²) in [5, 5.41) is 0. The molecule has 2 aromatic rings. The lowest BCUT2D eigenvalue weighted by atomic mass is 10.3. The van der Waals surface area contributed by atoms with Gasteiger partial charge < -0.3 is 10.2 Å². The van der Waals surface area contributed by atoms with E-state index in [2.05, 4.69) is 36.6 Å². The number of rotatable bonds is 4. The summed E-state index contributed by atoms with van der Waals surface area (Å²) in [5.41, 5.74) is 6.66. The Balaban J connectivity index is 2.29. The van der Waals surface area contributed by atoms with Crippen LogP contribution in [-0.2, 0) is 16.6 Å². The first-order valence-electron chi connectivity index (χ1n) is 5.15. The molecule has 8 heteroatoms. The number of nitrogens with two attached hydrogens (primary N) is 1. The lowest BCUT2D eigenvalue weighted by Crippen LogP contribution is -2.24. The van der Waals surface area contributed by atoms with Gasteiger partial charge in [0.05, 0.1) is 18.2 Å². The van der Waals surface area contributed by atoms with Crippen molar-refractivity contribution >= 4 is 47.6 Å². The lowest BCUT2D eigenvalue weighted by molar-refractivity contribution is 0.561. The summed E-state index contributed by atoms with van der Waals surface area (Å²) in [6, 6.07) is 4.85. The molecule has 0 fully saturated rings. The molecule has 0 aliphatic heterocycles. The van der Waals surface area contributed by atoms with Crippen LogP contribution in [0.2, 0.25) is 0 Å². The van der Waals surface area contributed by atoms with Gasteiger partial charge in [0.2, 0.25) is 10.0 Å². The van der Waals surface area contributed by atoms with E-state index in [1.165, 1.54) is 18.6 Å². The third kappa shape index (κ3) is 3.38. The molecule has 1 aromatic carbocycles. The van der Waals surface area contributed by atoms with Gasteiger partial charge in [-0.05, 0) is 34.1 Å². The molecule has 0 aliphatic carbocycles. The number of anilines is 1. The number of halogens is 2. The topological polar surface area (TPSA) is 85.3 Å². The Hall–Kier alpha value is -0.830. The van der Waals surface area contributed by atoms with Crippen molar-refractivity contribution in [1.29, 1.82) is 0 Å². The van der Waals surface area contributed by atoms with Crippen LogP contribution in [0.1, 0.15) is 5.56 Å². The molecule has 0 atom stereocenters. The van der Waals surface area contributed by atoms with E-state index >= 15 is 0 Å². The minimum Gasteiger partial charge on any atom is -0.472 e. The number of sulfonamides is 1. The Morgan fingerprint density at radius 2 is 2.05 bits per heavy atom. The Bertz CT molecular complexity index is 661. The average molecular weight is 410 g/mol. The second-order valence-corrected chi connectivity index (χ2v) is 7.24. The quantitative estimate of drug-likeness (QED) is 0.760. The number of hydrogen-bond acceptors (Lipinski definition) is 4. The largest absolute Gasteiger partial charge is 0.472 e. The van der Waals surface area contributed by atoms with Crippen molar-refractivity contribution in [2.75, 3.05) is 5.73 Å². The molecular formula is C11H10Br2N2O3S. The van der Waals surface area contributed by atoms with Gasteiger partial charge in [0.1, 0.15) is 4.90 Å². The first-order chi connectivity index (χ1) is 8.90. The van der Waals surface area contributed by atoms with E-state index in [0.29, 0.717) is 8.95 Å². The molecule has 5 nitrogen and oxygen atoms in total. The fourth-order valence-electron chi connectivity index (χ4n) is 1.51. The first-order valence-corrected chi connectivity index (χ1v) is 8.22. The van der Waals surface area contributed by atoms with Crippen LogP contribution in [0, 0.1) is 0 Å². The van der Waals surface area contributed by atoms with E-state index < -0.39 is 10.0 Å². The Labute approximate surface area is 127 Å². The van der Waals surface area contributed by atoms with Gasteiger partial charge in [-0.25, -0.2) is 13.1 Å². The molecule has 0 bridgehead atoms. The maximum Gasteiger partial charge on any atom is 0.244 e. The van der Waals surface area contributed by atoms with Crippen LogP contribution in [0.3, 0.4) is 0 Å². The van der Waals surface area contributed by atoms with Gasteiger partial charge in [-0.2, -0.15) is 0 Å². The van der Waals surface area contributed by atoms with Gasteiger partial charge >= 0.3 is 0 Å². The molecule has 3 N–H and O–H groups in total. The summed E-state index contributed by atoms with van der Waals surface area (Å²) < 4.78 is 32.9. The van der Waals surface area contributed by atoms with Gasteiger partial charge in [-0.3, -0.25) is 0 Å². The highest BCUT2D eigenvalue weighted by Crippen LogP contribution is 2.31. The SMILES string of the molecule is Nc1cc(Br)cc(Br)c1S(=O)(=O)NCc1ccoc1. The summed E-state index contributed by atoms with van der Waals surface area (Å²) in [5.74, 6) is 0. The molecule has 0 saturated carbocycles. The van der Waals surface area contributed by atoms with Gasteiger partial charge in [0, 0.05) is 21.1 Å². The molecule has 0 aliphatic rings. The van der Waals surface area contributed by atoms with Gasteiger partial charge in [-0.1, -0.05) is 15.9 Å². The summed E-state index contributed by atoms with van der Waals surface area (Å²) in [6.07, 6.45) is 2.95. The summed E-state index contributed by atoms with van der Waals surface area (Å²) >= 11 is 6.45. The van der Waals surface area contributed by atoms with Crippen molar-refractivity contribution in [1.82, 2.24) is 4.72 Å². The normalized spacial score (nSPS) is 11.7. The monoisotopic (exact) mass is 408 g/mol. The zero-order valence-corrected chi connectivity index (χ0v) is 13.5. The zero-order chi connectivity index (χ0) is 14.0. The maximum atomic E-state index is 12.2. The van der Waals surface area contributed by atoms with Crippen molar-refractivity contribution in [3.8, 4) is 0 Å². The fourth-order valence-corrected chi connectivity index (χ4v) is 4.59. The van der Waals surface area contributed by atoms with E-state index in [1.807, 2.05) is 0 Å². The molecule has 0 spiro atoms. The molecule has 2 rings (SSSR count). The number of hydrogen-bond donors (Lipinski definition) is 2. The van der Waals surface area contributed by atoms with Crippen LogP contribution in [0.5, 0.6) is 0 Å². The lowest BCUT2D eigenvalue weighted by Gasteiger charge is -2.11. The highest BCUT2D eigenvalue weighted by Gasteiger charge is 2.21. The number of benzene rings is 1. The van der Waals surface area contributed by atoms with E-state index in [0.717, 1.165) is 5.56 Å². The minimum atomic E-state index is -3.70. The maximum absolute atomic E-state index is 12.2. The highest BCUT2D eigenvalue weighted by atomic mass is 79.9. The van der Waals surface area contributed by atoms with E-state index in [1.54, 1.807) is 12.1 Å². The van der Waals surface area contributed by atoms with Crippen LogP contribution in [0.15, 0.2) is 49.0 Å². The second kappa shape index (κ2) is 5.66. The summed E-state index contributed by atoms with van der Waals surface area (Å²) in [4.78, 5) is 0.0270. The molecule has 1 heterocycles. The van der Waals surface area contributed by atoms with Crippen LogP contribution < -0.4 is 10.5 Å². The van der Waals surface area contributed by atoms with Gasteiger partial charge in [0.15, 0.2) is 0 Å². The smallest absolute Gasteiger partial charge is 0.244 e. The highest BCUT2D eigenvalue weighted by molar-refractivity contribution is 9.11. The molecule has 0 radical (unpaired) electrons. The average Bonchev–Trinajstić information content (AvgIpc) is 2.77. The second-order valence-electron chi connectivity index (χ2n) is 3.76. The zero-order valence-electron chi connectivity index (χ0n) is 9.56. The van der Waals surface area contributed by atoms with Crippen molar-refractivity contribution in [2.24, 2.45) is 0 Å². The van der Waals surface area contributed by atoms with Crippen molar-refractivity contribution < 1.29 is 12.8 Å². The van der Waals surface area contributed by atoms with E-state index in [9.17, 15) is 8.42 Å². The summed E-state index contributed by atoms with van der Waals surface area (Å²) in [7, 11) is -3.70. The molecular weight excluding hydrogens is 400 g/mol. The Kier molecular flexibility index (Phi) is 4.34. The molecule has 0 amide bonds. The van der Waals surface area contributed by atoms with Gasteiger partial charge in [-0.15, -0.1) is 0 Å². The summed E-state index contributed by atoms with van der Waals surface area (Å²) in [6.45, 7) is 0.140. The third-order valence-electron chi connectivity index (χ3n) is 2.35. The molecule has 0 saturated heterocycles. The fraction of sp³-hybridized carbons (Fsp3) is 0.0909. The number of nitrogens with one attached hydrogen (secondary N) is 1. The van der Waals surface area contributed by atoms with Crippen molar-refractivity contribution in [2.45, 2.75) is 11.4 Å². The molecule has 102 valence electrons. The first kappa shape index (κ1) is 14.6. The van der Waals surface area contributed by atoms with Crippen molar-refractivity contribution in [3.63, 3.8) is 0 Å². The van der Waals surface area contributed by atoms with Crippen LogP contribution in [-0.4, -0.2) is 8.42 Å². The third-order valence-corrected chi connectivity index (χ3v) is 5.22. The van der Waals surface area contributed by atoms with E-state index in [4.69, 9.17) is 10.2 Å². The Morgan fingerprint density at radius 3 is 2.63 bits per heavy atom. The number of nitrogen functional groups attached to an aromatic ring is 1. The van der Waals surface area contributed by atoms with Crippen LogP contribution in [0.25, 0.3) is 0 Å². The van der Waals surface area contributed by atoms with Gasteiger partial charge in [0.25, 0.3) is 0 Å². The molecule has 1 aromatic heterocycles. The predicted octanol–water partition coefficient (Wildman–Crippen LogP) is 2.87. The number of furan rings is 1. The van der Waals surface area contributed by atoms with Crippen LogP contribution >= 0.6 is 31.9 Å². The van der Waals surface area contributed by atoms with Crippen LogP contribution in [0.4, 0.5) is 5.69 Å². The molecule has 0 unspecified atom stereocenters.